The maximum atomic E-state index is 8.83. The van der Waals surface area contributed by atoms with Gasteiger partial charge >= 0.3 is 0 Å². The first-order valence-electron chi connectivity index (χ1n) is 5.91. The zero-order chi connectivity index (χ0) is 11.3. The van der Waals surface area contributed by atoms with Crippen LogP contribution in [0.1, 0.15) is 39.0 Å². The molecule has 2 atom stereocenters. The molecular weight excluding hydrogens is 190 g/mol. The Hall–Kier alpha value is -0.610. The SMILES string of the molecule is CCC(C(=N)N)N1CCCC1CCCO. The van der Waals surface area contributed by atoms with Crippen molar-refractivity contribution in [3.8, 4) is 0 Å². The third kappa shape index (κ3) is 3.18. The van der Waals surface area contributed by atoms with Crippen molar-refractivity contribution >= 4 is 5.84 Å². The van der Waals surface area contributed by atoms with Gasteiger partial charge in [-0.2, -0.15) is 0 Å². The highest BCUT2D eigenvalue weighted by atomic mass is 16.2. The molecule has 0 aromatic rings. The minimum atomic E-state index is 0.108. The first kappa shape index (κ1) is 12.5. The molecule has 0 aromatic heterocycles. The molecule has 15 heavy (non-hydrogen) atoms. The van der Waals surface area contributed by atoms with Gasteiger partial charge in [0.2, 0.25) is 0 Å². The zero-order valence-electron chi connectivity index (χ0n) is 9.58. The molecule has 0 saturated carbocycles. The summed E-state index contributed by atoms with van der Waals surface area (Å²) in [6.45, 7) is 3.39. The lowest BCUT2D eigenvalue weighted by molar-refractivity contribution is 0.191. The van der Waals surface area contributed by atoms with Crippen LogP contribution in [0.4, 0.5) is 0 Å². The van der Waals surface area contributed by atoms with E-state index >= 15 is 0 Å². The molecule has 0 amide bonds. The summed E-state index contributed by atoms with van der Waals surface area (Å²) in [6, 6.07) is 0.627. The number of likely N-dealkylation sites (tertiary alicyclic amines) is 1. The number of aliphatic hydroxyl groups excluding tert-OH is 1. The molecule has 0 radical (unpaired) electrons. The second kappa shape index (κ2) is 6.08. The van der Waals surface area contributed by atoms with Gasteiger partial charge in [-0.3, -0.25) is 10.3 Å². The minimum Gasteiger partial charge on any atom is -0.396 e. The molecular formula is C11H23N3O. The highest BCUT2D eigenvalue weighted by Gasteiger charge is 2.30. The molecule has 4 N–H and O–H groups in total. The first-order valence-corrected chi connectivity index (χ1v) is 5.91. The molecule has 1 heterocycles. The fourth-order valence-corrected chi connectivity index (χ4v) is 2.54. The van der Waals surface area contributed by atoms with E-state index in [4.69, 9.17) is 16.2 Å². The van der Waals surface area contributed by atoms with Crippen LogP contribution in [-0.2, 0) is 0 Å². The van der Waals surface area contributed by atoms with E-state index in [1.165, 1.54) is 12.8 Å². The third-order valence-corrected chi connectivity index (χ3v) is 3.26. The molecule has 1 fully saturated rings. The van der Waals surface area contributed by atoms with Crippen LogP contribution in [0.25, 0.3) is 0 Å². The number of amidine groups is 1. The second-order valence-corrected chi connectivity index (χ2v) is 4.28. The second-order valence-electron chi connectivity index (χ2n) is 4.28. The van der Waals surface area contributed by atoms with Crippen molar-refractivity contribution in [1.29, 1.82) is 5.41 Å². The van der Waals surface area contributed by atoms with Crippen LogP contribution in [0.5, 0.6) is 0 Å². The number of aliphatic hydroxyl groups is 1. The summed E-state index contributed by atoms with van der Waals surface area (Å²) in [5.74, 6) is 0.286. The lowest BCUT2D eigenvalue weighted by Crippen LogP contribution is -2.46. The van der Waals surface area contributed by atoms with E-state index in [1.807, 2.05) is 0 Å². The van der Waals surface area contributed by atoms with Crippen molar-refractivity contribution < 1.29 is 5.11 Å². The average Bonchev–Trinajstić information content (AvgIpc) is 2.64. The number of nitrogens with zero attached hydrogens (tertiary/aromatic N) is 1. The van der Waals surface area contributed by atoms with Crippen LogP contribution in [0, 0.1) is 5.41 Å². The average molecular weight is 213 g/mol. The lowest BCUT2D eigenvalue weighted by Gasteiger charge is -2.31. The molecule has 0 aliphatic carbocycles. The standard InChI is InChI=1S/C11H23N3O/c1-2-10(11(12)13)14-7-3-5-9(14)6-4-8-15/h9-10,15H,2-8H2,1H3,(H3,12,13). The summed E-state index contributed by atoms with van der Waals surface area (Å²) in [5.41, 5.74) is 5.61. The van der Waals surface area contributed by atoms with Gasteiger partial charge in [0.15, 0.2) is 0 Å². The van der Waals surface area contributed by atoms with E-state index in [0.29, 0.717) is 6.04 Å². The van der Waals surface area contributed by atoms with Crippen molar-refractivity contribution in [3.63, 3.8) is 0 Å². The van der Waals surface area contributed by atoms with E-state index in [2.05, 4.69) is 11.8 Å². The van der Waals surface area contributed by atoms with Crippen LogP contribution in [-0.4, -0.2) is 41.1 Å². The Balaban J connectivity index is 2.53. The van der Waals surface area contributed by atoms with Gasteiger partial charge in [-0.05, 0) is 38.6 Å². The summed E-state index contributed by atoms with van der Waals surface area (Å²) < 4.78 is 0. The molecule has 1 rings (SSSR count). The van der Waals surface area contributed by atoms with E-state index in [1.54, 1.807) is 0 Å². The van der Waals surface area contributed by atoms with Gasteiger partial charge in [0.1, 0.15) is 5.84 Å². The van der Waals surface area contributed by atoms with Crippen molar-refractivity contribution in [2.45, 2.75) is 51.1 Å². The number of hydrogen-bond donors (Lipinski definition) is 3. The predicted molar refractivity (Wildman–Crippen MR) is 62.0 cm³/mol. The highest BCUT2D eigenvalue weighted by Crippen LogP contribution is 2.24. The molecule has 88 valence electrons. The van der Waals surface area contributed by atoms with Crippen LogP contribution in [0.3, 0.4) is 0 Å². The van der Waals surface area contributed by atoms with Crippen LogP contribution < -0.4 is 5.73 Å². The molecule has 1 aliphatic heterocycles. The van der Waals surface area contributed by atoms with Gasteiger partial charge in [-0.25, -0.2) is 0 Å². The molecule has 0 bridgehead atoms. The number of hydrogen-bond acceptors (Lipinski definition) is 3. The number of nitrogens with one attached hydrogen (secondary N) is 1. The Morgan fingerprint density at radius 3 is 2.93 bits per heavy atom. The normalized spacial score (nSPS) is 24.3. The monoisotopic (exact) mass is 213 g/mol. The van der Waals surface area contributed by atoms with E-state index in [9.17, 15) is 0 Å². The summed E-state index contributed by atoms with van der Waals surface area (Å²) in [6.07, 6.45) is 5.17. The topological polar surface area (TPSA) is 73.3 Å². The zero-order valence-corrected chi connectivity index (χ0v) is 9.58. The van der Waals surface area contributed by atoms with Crippen molar-refractivity contribution in [1.82, 2.24) is 4.90 Å². The molecule has 1 saturated heterocycles. The maximum absolute atomic E-state index is 8.83. The maximum Gasteiger partial charge on any atom is 0.108 e. The molecule has 0 spiro atoms. The Bertz CT molecular complexity index is 208. The Morgan fingerprint density at radius 1 is 1.67 bits per heavy atom. The smallest absolute Gasteiger partial charge is 0.108 e. The molecule has 4 nitrogen and oxygen atoms in total. The van der Waals surface area contributed by atoms with Gasteiger partial charge < -0.3 is 10.8 Å². The van der Waals surface area contributed by atoms with Crippen molar-refractivity contribution in [2.75, 3.05) is 13.2 Å². The van der Waals surface area contributed by atoms with E-state index < -0.39 is 0 Å². The van der Waals surface area contributed by atoms with Gasteiger partial charge in [0.05, 0.1) is 6.04 Å². The lowest BCUT2D eigenvalue weighted by atomic mass is 10.1. The van der Waals surface area contributed by atoms with Gasteiger partial charge in [-0.15, -0.1) is 0 Å². The quantitative estimate of drug-likeness (QED) is 0.454. The van der Waals surface area contributed by atoms with Gasteiger partial charge in [-0.1, -0.05) is 6.92 Å². The van der Waals surface area contributed by atoms with E-state index in [0.717, 1.165) is 25.8 Å². The molecule has 2 unspecified atom stereocenters. The summed E-state index contributed by atoms with van der Waals surface area (Å²) in [4.78, 5) is 2.35. The largest absolute Gasteiger partial charge is 0.396 e. The summed E-state index contributed by atoms with van der Waals surface area (Å²) >= 11 is 0. The third-order valence-electron chi connectivity index (χ3n) is 3.26. The van der Waals surface area contributed by atoms with Crippen molar-refractivity contribution in [3.05, 3.63) is 0 Å². The van der Waals surface area contributed by atoms with Crippen molar-refractivity contribution in [2.24, 2.45) is 5.73 Å². The first-order chi connectivity index (χ1) is 7.20. The summed E-state index contributed by atoms with van der Waals surface area (Å²) in [7, 11) is 0. The number of rotatable bonds is 6. The van der Waals surface area contributed by atoms with Gasteiger partial charge in [0.25, 0.3) is 0 Å². The van der Waals surface area contributed by atoms with Gasteiger partial charge in [0, 0.05) is 12.6 Å². The highest BCUT2D eigenvalue weighted by molar-refractivity contribution is 5.82. The van der Waals surface area contributed by atoms with Crippen LogP contribution in [0.2, 0.25) is 0 Å². The molecule has 4 heteroatoms. The molecule has 0 aromatic carbocycles. The van der Waals surface area contributed by atoms with Crippen LogP contribution >= 0.6 is 0 Å². The fraction of sp³-hybridized carbons (Fsp3) is 0.909. The van der Waals surface area contributed by atoms with E-state index in [-0.39, 0.29) is 18.5 Å². The molecule has 1 aliphatic rings. The Morgan fingerprint density at radius 2 is 2.40 bits per heavy atom. The Labute approximate surface area is 92.0 Å². The minimum absolute atomic E-state index is 0.108. The predicted octanol–water partition coefficient (Wildman–Crippen LogP) is 0.938. The summed E-state index contributed by atoms with van der Waals surface area (Å²) in [5, 5.41) is 16.4. The Kier molecular flexibility index (Phi) is 5.05. The number of nitrogens with two attached hydrogens (primary N) is 1. The fourth-order valence-electron chi connectivity index (χ4n) is 2.54. The van der Waals surface area contributed by atoms with Crippen LogP contribution in [0.15, 0.2) is 0 Å².